The largest absolute Gasteiger partial charge is 0.495 e. The molecule has 5 rings (SSSR count). The highest BCUT2D eigenvalue weighted by molar-refractivity contribution is 5.77. The van der Waals surface area contributed by atoms with Crippen LogP contribution in [0.4, 0.5) is 5.69 Å². The van der Waals surface area contributed by atoms with Gasteiger partial charge in [0.25, 0.3) is 0 Å². The minimum absolute atomic E-state index is 0.289. The number of methoxy groups -OCH3 is 1. The number of likely N-dealkylation sites (tertiary alicyclic amines) is 1. The van der Waals surface area contributed by atoms with Crippen LogP contribution in [-0.4, -0.2) is 80.3 Å². The highest BCUT2D eigenvalue weighted by Crippen LogP contribution is 2.30. The van der Waals surface area contributed by atoms with Crippen LogP contribution < -0.4 is 15.0 Å². The van der Waals surface area contributed by atoms with E-state index in [9.17, 15) is 4.79 Å². The number of aromatic nitrogens is 1. The normalized spacial score (nSPS) is 23.6. The van der Waals surface area contributed by atoms with Gasteiger partial charge in [-0.2, -0.15) is 0 Å². The maximum Gasteiger partial charge on any atom is 0.222 e. The summed E-state index contributed by atoms with van der Waals surface area (Å²) in [5.74, 6) is 2.94. The molecular weight excluding hydrogens is 454 g/mol. The van der Waals surface area contributed by atoms with E-state index < -0.39 is 0 Å². The molecule has 0 saturated carbocycles. The molecule has 0 spiro atoms. The lowest BCUT2D eigenvalue weighted by atomic mass is 9.81. The van der Waals surface area contributed by atoms with Crippen LogP contribution in [0.15, 0.2) is 34.9 Å². The third-order valence-electron chi connectivity index (χ3n) is 8.17. The van der Waals surface area contributed by atoms with Gasteiger partial charge in [-0.3, -0.25) is 9.69 Å². The highest BCUT2D eigenvalue weighted by atomic mass is 16.5. The van der Waals surface area contributed by atoms with E-state index in [0.717, 1.165) is 94.6 Å². The van der Waals surface area contributed by atoms with Crippen LogP contribution in [0.1, 0.15) is 43.6 Å². The van der Waals surface area contributed by atoms with Crippen molar-refractivity contribution in [1.82, 2.24) is 20.3 Å². The molecule has 3 aliphatic heterocycles. The number of nitrogens with zero attached hydrogens (tertiary/aromatic N) is 4. The summed E-state index contributed by atoms with van der Waals surface area (Å²) in [5.41, 5.74) is 2.14. The number of carbonyl (C=O) groups excluding carboxylic acids is 1. The Kier molecular flexibility index (Phi) is 8.43. The van der Waals surface area contributed by atoms with Crippen molar-refractivity contribution in [3.8, 4) is 5.75 Å². The van der Waals surface area contributed by atoms with Gasteiger partial charge in [0.2, 0.25) is 5.91 Å². The molecule has 1 amide bonds. The molecule has 0 bridgehead atoms. The van der Waals surface area contributed by atoms with Gasteiger partial charge in [-0.15, -0.1) is 0 Å². The molecule has 8 nitrogen and oxygen atoms in total. The quantitative estimate of drug-likeness (QED) is 0.603. The Labute approximate surface area is 214 Å². The number of rotatable bonds is 8. The van der Waals surface area contributed by atoms with Gasteiger partial charge < -0.3 is 24.4 Å². The summed E-state index contributed by atoms with van der Waals surface area (Å²) in [6.45, 7) is 8.27. The molecule has 4 heterocycles. The molecule has 2 atom stereocenters. The predicted octanol–water partition coefficient (Wildman–Crippen LogP) is 3.18. The smallest absolute Gasteiger partial charge is 0.222 e. The van der Waals surface area contributed by atoms with Gasteiger partial charge in [-0.05, 0) is 75.8 Å². The van der Waals surface area contributed by atoms with Gasteiger partial charge in [-0.1, -0.05) is 23.7 Å². The van der Waals surface area contributed by atoms with Gasteiger partial charge in [0, 0.05) is 38.7 Å². The lowest BCUT2D eigenvalue weighted by Crippen LogP contribution is -2.50. The predicted molar refractivity (Wildman–Crippen MR) is 140 cm³/mol. The summed E-state index contributed by atoms with van der Waals surface area (Å²) < 4.78 is 11.2. The molecule has 36 heavy (non-hydrogen) atoms. The minimum atomic E-state index is 0.289. The van der Waals surface area contributed by atoms with E-state index in [1.165, 1.54) is 19.3 Å². The summed E-state index contributed by atoms with van der Waals surface area (Å²) in [7, 11) is 1.71. The molecule has 2 aromatic rings. The number of nitrogens with one attached hydrogen (secondary N) is 1. The summed E-state index contributed by atoms with van der Waals surface area (Å²) in [6.07, 6.45) is 6.43. The van der Waals surface area contributed by atoms with Crippen molar-refractivity contribution in [1.29, 1.82) is 0 Å². The van der Waals surface area contributed by atoms with Crippen LogP contribution in [0.3, 0.4) is 0 Å². The first kappa shape index (κ1) is 25.1. The molecule has 3 saturated heterocycles. The number of carbonyl (C=O) groups is 1. The lowest BCUT2D eigenvalue weighted by Gasteiger charge is -2.38. The zero-order valence-electron chi connectivity index (χ0n) is 21.7. The highest BCUT2D eigenvalue weighted by Gasteiger charge is 2.31. The van der Waals surface area contributed by atoms with E-state index in [4.69, 9.17) is 9.26 Å². The molecule has 0 radical (unpaired) electrons. The molecular formula is C28H41N5O3. The number of amides is 1. The molecule has 196 valence electrons. The number of hydrogen-bond acceptors (Lipinski definition) is 7. The minimum Gasteiger partial charge on any atom is -0.495 e. The molecule has 1 N–H and O–H groups in total. The molecule has 1 aromatic carbocycles. The maximum absolute atomic E-state index is 13.3. The van der Waals surface area contributed by atoms with Crippen LogP contribution in [-0.2, 0) is 17.8 Å². The Morgan fingerprint density at radius 2 is 1.89 bits per heavy atom. The van der Waals surface area contributed by atoms with Gasteiger partial charge in [0.05, 0.1) is 25.0 Å². The molecule has 1 aromatic heterocycles. The van der Waals surface area contributed by atoms with Gasteiger partial charge >= 0.3 is 0 Å². The number of anilines is 1. The fourth-order valence-electron chi connectivity index (χ4n) is 6.06. The van der Waals surface area contributed by atoms with Crippen LogP contribution in [0.2, 0.25) is 0 Å². The lowest BCUT2D eigenvalue weighted by molar-refractivity contribution is -0.133. The Hall–Kier alpha value is -2.58. The van der Waals surface area contributed by atoms with Crippen molar-refractivity contribution >= 4 is 11.6 Å². The van der Waals surface area contributed by atoms with Crippen molar-refractivity contribution in [2.24, 2.45) is 11.8 Å². The van der Waals surface area contributed by atoms with Gasteiger partial charge in [-0.25, -0.2) is 0 Å². The second-order valence-electron chi connectivity index (χ2n) is 10.6. The van der Waals surface area contributed by atoms with Crippen LogP contribution in [0, 0.1) is 11.8 Å². The first-order valence-corrected chi connectivity index (χ1v) is 13.7. The molecule has 8 heteroatoms. The first-order valence-electron chi connectivity index (χ1n) is 13.7. The van der Waals surface area contributed by atoms with Gasteiger partial charge in [0.15, 0.2) is 5.76 Å². The second kappa shape index (κ2) is 12.1. The monoisotopic (exact) mass is 495 g/mol. The SMILES string of the molecule is COc1ccccc1N1CCN(C(=O)C[C@H]2CCNC[C@@H]2Cc2cc(CN3CCCCC3)on2)CC1. The average molecular weight is 496 g/mol. The van der Waals surface area contributed by atoms with Crippen molar-refractivity contribution in [2.45, 2.75) is 45.1 Å². The molecule has 0 unspecified atom stereocenters. The standard InChI is InChI=1S/C28H41N5O3/c1-35-27-8-4-3-7-26(27)32-13-15-33(16-14-32)28(34)18-22-9-10-29-20-23(22)17-24-19-25(36-30-24)21-31-11-5-2-6-12-31/h3-4,7-8,19,22-23,29H,2,5-6,9-18,20-21H2,1H3/t22-,23+/m1/s1. The number of piperazine rings is 1. The third kappa shape index (κ3) is 6.21. The van der Waals surface area contributed by atoms with E-state index in [-0.39, 0.29) is 5.91 Å². The Morgan fingerprint density at radius 1 is 1.08 bits per heavy atom. The topological polar surface area (TPSA) is 74.1 Å². The Bertz CT molecular complexity index is 981. The first-order chi connectivity index (χ1) is 17.7. The average Bonchev–Trinajstić information content (AvgIpc) is 3.37. The second-order valence-corrected chi connectivity index (χ2v) is 10.6. The van der Waals surface area contributed by atoms with E-state index in [1.54, 1.807) is 7.11 Å². The third-order valence-corrected chi connectivity index (χ3v) is 8.17. The van der Waals surface area contributed by atoms with E-state index >= 15 is 0 Å². The van der Waals surface area contributed by atoms with E-state index in [2.05, 4.69) is 37.3 Å². The fourth-order valence-corrected chi connectivity index (χ4v) is 6.06. The Balaban J connectivity index is 1.12. The summed E-state index contributed by atoms with van der Waals surface area (Å²) in [4.78, 5) is 20.1. The summed E-state index contributed by atoms with van der Waals surface area (Å²) in [6, 6.07) is 10.3. The molecule has 3 aliphatic rings. The fraction of sp³-hybridized carbons (Fsp3) is 0.643. The van der Waals surface area contributed by atoms with E-state index in [0.29, 0.717) is 18.3 Å². The van der Waals surface area contributed by atoms with Gasteiger partial charge in [0.1, 0.15) is 5.75 Å². The van der Waals surface area contributed by atoms with Crippen LogP contribution >= 0.6 is 0 Å². The molecule has 3 fully saturated rings. The number of ether oxygens (including phenoxy) is 1. The summed E-state index contributed by atoms with van der Waals surface area (Å²) in [5, 5.41) is 7.92. The number of benzene rings is 1. The number of para-hydroxylation sites is 2. The van der Waals surface area contributed by atoms with Crippen molar-refractivity contribution in [3.05, 3.63) is 41.8 Å². The van der Waals surface area contributed by atoms with Crippen LogP contribution in [0.5, 0.6) is 5.75 Å². The summed E-state index contributed by atoms with van der Waals surface area (Å²) >= 11 is 0. The van der Waals surface area contributed by atoms with Crippen molar-refractivity contribution in [2.75, 3.05) is 64.4 Å². The number of hydrogen-bond donors (Lipinski definition) is 1. The Morgan fingerprint density at radius 3 is 2.69 bits per heavy atom. The van der Waals surface area contributed by atoms with Crippen LogP contribution in [0.25, 0.3) is 0 Å². The van der Waals surface area contributed by atoms with E-state index in [1.807, 2.05) is 18.2 Å². The molecule has 0 aliphatic carbocycles. The zero-order chi connectivity index (χ0) is 24.7. The van der Waals surface area contributed by atoms with Crippen molar-refractivity contribution < 1.29 is 14.1 Å². The van der Waals surface area contributed by atoms with Crippen molar-refractivity contribution in [3.63, 3.8) is 0 Å². The number of piperidine rings is 2. The maximum atomic E-state index is 13.3. The zero-order valence-corrected chi connectivity index (χ0v) is 21.7.